The lowest BCUT2D eigenvalue weighted by Crippen LogP contribution is -2.17. The van der Waals surface area contributed by atoms with Gasteiger partial charge in [0.1, 0.15) is 0 Å². The standard InChI is InChI=1S/C11H16N2O/c1-8(2)11(14)9-6-12-13(7-9)10-4-3-5-10/h6-8,10H,3-5H2,1-2H3. The summed E-state index contributed by atoms with van der Waals surface area (Å²) in [5.74, 6) is 0.254. The van der Waals surface area contributed by atoms with Crippen LogP contribution in [-0.2, 0) is 0 Å². The van der Waals surface area contributed by atoms with Crippen molar-refractivity contribution >= 4 is 5.78 Å². The number of ketones is 1. The molecule has 0 spiro atoms. The number of hydrogen-bond acceptors (Lipinski definition) is 2. The van der Waals surface area contributed by atoms with Gasteiger partial charge in [0.25, 0.3) is 0 Å². The summed E-state index contributed by atoms with van der Waals surface area (Å²) in [7, 11) is 0. The van der Waals surface area contributed by atoms with E-state index in [4.69, 9.17) is 0 Å². The number of rotatable bonds is 3. The molecule has 1 aromatic rings. The zero-order valence-corrected chi connectivity index (χ0v) is 8.73. The SMILES string of the molecule is CC(C)C(=O)c1cnn(C2CCC2)c1. The average molecular weight is 192 g/mol. The van der Waals surface area contributed by atoms with Crippen LogP contribution in [0.3, 0.4) is 0 Å². The third-order valence-electron chi connectivity index (χ3n) is 2.86. The van der Waals surface area contributed by atoms with E-state index in [1.807, 2.05) is 24.7 Å². The fourth-order valence-electron chi connectivity index (χ4n) is 1.65. The van der Waals surface area contributed by atoms with Crippen LogP contribution in [0.25, 0.3) is 0 Å². The lowest BCUT2D eigenvalue weighted by molar-refractivity contribution is 0.0939. The monoisotopic (exact) mass is 192 g/mol. The van der Waals surface area contributed by atoms with Gasteiger partial charge in [0.05, 0.1) is 17.8 Å². The molecule has 3 heteroatoms. The van der Waals surface area contributed by atoms with Crippen LogP contribution in [0.5, 0.6) is 0 Å². The molecule has 0 N–H and O–H groups in total. The smallest absolute Gasteiger partial charge is 0.168 e. The Morgan fingerprint density at radius 1 is 1.57 bits per heavy atom. The molecule has 14 heavy (non-hydrogen) atoms. The number of Topliss-reactive ketones (excluding diaryl/α,β-unsaturated/α-hetero) is 1. The van der Waals surface area contributed by atoms with Gasteiger partial charge in [-0.3, -0.25) is 9.48 Å². The van der Waals surface area contributed by atoms with E-state index in [2.05, 4.69) is 5.10 Å². The van der Waals surface area contributed by atoms with E-state index < -0.39 is 0 Å². The van der Waals surface area contributed by atoms with Gasteiger partial charge in [-0.2, -0.15) is 5.10 Å². The molecule has 0 bridgehead atoms. The number of carbonyl (C=O) groups excluding carboxylic acids is 1. The maximum Gasteiger partial charge on any atom is 0.168 e. The molecule has 0 atom stereocenters. The molecule has 1 heterocycles. The lowest BCUT2D eigenvalue weighted by atomic mass is 9.93. The summed E-state index contributed by atoms with van der Waals surface area (Å²) in [5, 5.41) is 4.24. The molecule has 1 aliphatic carbocycles. The molecule has 0 aromatic carbocycles. The predicted octanol–water partition coefficient (Wildman–Crippen LogP) is 2.45. The minimum atomic E-state index is 0.0639. The molecule has 76 valence electrons. The van der Waals surface area contributed by atoms with Crippen LogP contribution in [-0.4, -0.2) is 15.6 Å². The lowest BCUT2D eigenvalue weighted by Gasteiger charge is -2.25. The number of hydrogen-bond donors (Lipinski definition) is 0. The van der Waals surface area contributed by atoms with Crippen LogP contribution in [0.15, 0.2) is 12.4 Å². The Morgan fingerprint density at radius 3 is 2.79 bits per heavy atom. The minimum absolute atomic E-state index is 0.0639. The van der Waals surface area contributed by atoms with Gasteiger partial charge in [0, 0.05) is 12.1 Å². The first-order valence-corrected chi connectivity index (χ1v) is 5.27. The summed E-state index contributed by atoms with van der Waals surface area (Å²) < 4.78 is 1.94. The highest BCUT2D eigenvalue weighted by Crippen LogP contribution is 2.30. The molecule has 0 amide bonds. The Kier molecular flexibility index (Phi) is 2.40. The zero-order chi connectivity index (χ0) is 10.1. The molecule has 0 unspecified atom stereocenters. The Labute approximate surface area is 84.1 Å². The first kappa shape index (κ1) is 9.44. The molecule has 0 radical (unpaired) electrons. The fraction of sp³-hybridized carbons (Fsp3) is 0.636. The van der Waals surface area contributed by atoms with E-state index in [0.717, 1.165) is 5.56 Å². The van der Waals surface area contributed by atoms with Crippen molar-refractivity contribution in [3.8, 4) is 0 Å². The maximum absolute atomic E-state index is 11.6. The Bertz CT molecular complexity index is 337. The summed E-state index contributed by atoms with van der Waals surface area (Å²) in [6.45, 7) is 3.84. The summed E-state index contributed by atoms with van der Waals surface area (Å²) >= 11 is 0. The highest BCUT2D eigenvalue weighted by Gasteiger charge is 2.21. The molecular weight excluding hydrogens is 176 g/mol. The van der Waals surface area contributed by atoms with E-state index in [9.17, 15) is 4.79 Å². The zero-order valence-electron chi connectivity index (χ0n) is 8.73. The highest BCUT2D eigenvalue weighted by atomic mass is 16.1. The number of carbonyl (C=O) groups is 1. The maximum atomic E-state index is 11.6. The topological polar surface area (TPSA) is 34.9 Å². The molecule has 1 saturated carbocycles. The van der Waals surface area contributed by atoms with E-state index in [1.54, 1.807) is 6.20 Å². The van der Waals surface area contributed by atoms with Crippen LogP contribution in [0.4, 0.5) is 0 Å². The second-order valence-electron chi connectivity index (χ2n) is 4.31. The second-order valence-corrected chi connectivity index (χ2v) is 4.31. The van der Waals surface area contributed by atoms with Gasteiger partial charge in [-0.15, -0.1) is 0 Å². The average Bonchev–Trinajstić information content (AvgIpc) is 2.48. The molecule has 0 aliphatic heterocycles. The van der Waals surface area contributed by atoms with Gasteiger partial charge in [0.15, 0.2) is 5.78 Å². The molecule has 1 aromatic heterocycles. The van der Waals surface area contributed by atoms with E-state index in [1.165, 1.54) is 19.3 Å². The van der Waals surface area contributed by atoms with Crippen molar-refractivity contribution in [2.24, 2.45) is 5.92 Å². The van der Waals surface area contributed by atoms with Crippen molar-refractivity contribution in [3.05, 3.63) is 18.0 Å². The van der Waals surface area contributed by atoms with Crippen LogP contribution < -0.4 is 0 Å². The van der Waals surface area contributed by atoms with Crippen LogP contribution in [0, 0.1) is 5.92 Å². The molecule has 0 saturated heterocycles. The number of aromatic nitrogens is 2. The highest BCUT2D eigenvalue weighted by molar-refractivity contribution is 5.96. The third kappa shape index (κ3) is 1.59. The first-order chi connectivity index (χ1) is 6.68. The fourth-order valence-corrected chi connectivity index (χ4v) is 1.65. The van der Waals surface area contributed by atoms with E-state index in [-0.39, 0.29) is 11.7 Å². The summed E-state index contributed by atoms with van der Waals surface area (Å²) in [6, 6.07) is 0.545. The van der Waals surface area contributed by atoms with Crippen molar-refractivity contribution in [2.75, 3.05) is 0 Å². The molecular formula is C11H16N2O. The molecule has 1 fully saturated rings. The van der Waals surface area contributed by atoms with Crippen molar-refractivity contribution < 1.29 is 4.79 Å². The molecule has 2 rings (SSSR count). The van der Waals surface area contributed by atoms with Gasteiger partial charge in [0.2, 0.25) is 0 Å². The van der Waals surface area contributed by atoms with Gasteiger partial charge in [-0.05, 0) is 19.3 Å². The van der Waals surface area contributed by atoms with E-state index in [0.29, 0.717) is 6.04 Å². The second kappa shape index (κ2) is 3.56. The van der Waals surface area contributed by atoms with Crippen molar-refractivity contribution in [1.29, 1.82) is 0 Å². The largest absolute Gasteiger partial charge is 0.294 e. The Hall–Kier alpha value is -1.12. The minimum Gasteiger partial charge on any atom is -0.294 e. The van der Waals surface area contributed by atoms with E-state index >= 15 is 0 Å². The van der Waals surface area contributed by atoms with Gasteiger partial charge >= 0.3 is 0 Å². The quantitative estimate of drug-likeness (QED) is 0.689. The van der Waals surface area contributed by atoms with Crippen molar-refractivity contribution in [1.82, 2.24) is 9.78 Å². The first-order valence-electron chi connectivity index (χ1n) is 5.27. The summed E-state index contributed by atoms with van der Waals surface area (Å²) in [6.07, 6.45) is 7.29. The van der Waals surface area contributed by atoms with Gasteiger partial charge in [-0.1, -0.05) is 13.8 Å². The third-order valence-corrected chi connectivity index (χ3v) is 2.86. The van der Waals surface area contributed by atoms with Crippen molar-refractivity contribution in [3.63, 3.8) is 0 Å². The predicted molar refractivity (Wildman–Crippen MR) is 54.3 cm³/mol. The van der Waals surface area contributed by atoms with Gasteiger partial charge < -0.3 is 0 Å². The Morgan fingerprint density at radius 2 is 2.29 bits per heavy atom. The number of nitrogens with zero attached hydrogens (tertiary/aromatic N) is 2. The van der Waals surface area contributed by atoms with Crippen LogP contribution in [0.2, 0.25) is 0 Å². The molecule has 1 aliphatic rings. The van der Waals surface area contributed by atoms with Crippen LogP contribution in [0.1, 0.15) is 49.5 Å². The van der Waals surface area contributed by atoms with Crippen LogP contribution >= 0.6 is 0 Å². The normalized spacial score (nSPS) is 17.1. The van der Waals surface area contributed by atoms with Crippen molar-refractivity contribution in [2.45, 2.75) is 39.2 Å². The Balaban J connectivity index is 2.12. The summed E-state index contributed by atoms with van der Waals surface area (Å²) in [5.41, 5.74) is 0.756. The molecule has 3 nitrogen and oxygen atoms in total. The van der Waals surface area contributed by atoms with Gasteiger partial charge in [-0.25, -0.2) is 0 Å². The summed E-state index contributed by atoms with van der Waals surface area (Å²) in [4.78, 5) is 11.6.